The van der Waals surface area contributed by atoms with E-state index in [1.54, 1.807) is 0 Å². The van der Waals surface area contributed by atoms with Crippen molar-refractivity contribution < 1.29 is 9.68 Å². The van der Waals surface area contributed by atoms with Crippen LogP contribution in [0.15, 0.2) is 0 Å². The summed E-state index contributed by atoms with van der Waals surface area (Å²) in [6.07, 6.45) is 4.29. The maximum Gasteiger partial charge on any atom is 0.109 e. The van der Waals surface area contributed by atoms with Crippen LogP contribution in [0.2, 0.25) is 0 Å². The van der Waals surface area contributed by atoms with Gasteiger partial charge in [0.15, 0.2) is 0 Å². The molecular weight excluding hydrogens is 134 g/mol. The molecule has 58 valence electrons. The molecule has 1 saturated heterocycles. The van der Waals surface area contributed by atoms with Crippen LogP contribution in [-0.4, -0.2) is 17.6 Å². The molecule has 0 aromatic carbocycles. The van der Waals surface area contributed by atoms with Gasteiger partial charge in [0.1, 0.15) is 12.2 Å². The smallest absolute Gasteiger partial charge is 0.109 e. The summed E-state index contributed by atoms with van der Waals surface area (Å²) in [5, 5.41) is 10.7. The first kappa shape index (κ1) is 6.54. The van der Waals surface area contributed by atoms with Gasteiger partial charge in [-0.25, -0.2) is 0 Å². The molecule has 2 unspecified atom stereocenters. The van der Waals surface area contributed by atoms with Crippen LogP contribution in [0.4, 0.5) is 0 Å². The maximum atomic E-state index is 10.5. The summed E-state index contributed by atoms with van der Waals surface area (Å²) in [6.45, 7) is 0. The highest BCUT2D eigenvalue weighted by Gasteiger charge is 2.33. The van der Waals surface area contributed by atoms with Crippen LogP contribution in [0.5, 0.6) is 0 Å². The first-order chi connectivity index (χ1) is 4.86. The minimum Gasteiger partial charge on any atom is -0.738 e. The van der Waals surface area contributed by atoms with Gasteiger partial charge in [0.25, 0.3) is 0 Å². The number of fused-ring (bicyclic) bond motifs is 1. The maximum absolute atomic E-state index is 10.5. The lowest BCUT2D eigenvalue weighted by atomic mass is 9.95. The van der Waals surface area contributed by atoms with Gasteiger partial charge in [0, 0.05) is 0 Å². The zero-order valence-corrected chi connectivity index (χ0v) is 5.66. The predicted molar refractivity (Wildman–Crippen MR) is 33.4 cm³/mol. The van der Waals surface area contributed by atoms with E-state index in [0.29, 0.717) is 0 Å². The van der Waals surface area contributed by atoms with Gasteiger partial charge in [-0.3, -0.25) is 9.68 Å². The topological polar surface area (TPSA) is 44.8 Å². The first-order valence-electron chi connectivity index (χ1n) is 3.67. The largest absolute Gasteiger partial charge is 0.738 e. The van der Waals surface area contributed by atoms with Gasteiger partial charge < -0.3 is 5.21 Å². The highest BCUT2D eigenvalue weighted by molar-refractivity contribution is 4.77. The fraction of sp³-hybridized carbons (Fsp3) is 1.00. The third-order valence-corrected chi connectivity index (χ3v) is 2.08. The van der Waals surface area contributed by atoms with Crippen molar-refractivity contribution in [1.29, 1.82) is 0 Å². The molecule has 1 heterocycles. The van der Waals surface area contributed by atoms with Crippen molar-refractivity contribution in [3.8, 4) is 0 Å². The predicted octanol–water partition coefficient (Wildman–Crippen LogP) is 0.974. The molecule has 4 heteroatoms. The number of nitrogens with zero attached hydrogens (tertiary/aromatic N) is 1. The van der Waals surface area contributed by atoms with Crippen molar-refractivity contribution in [1.82, 2.24) is 5.39 Å². The van der Waals surface area contributed by atoms with E-state index >= 15 is 0 Å². The summed E-state index contributed by atoms with van der Waals surface area (Å²) < 4.78 is 0. The highest BCUT2D eigenvalue weighted by atomic mass is 17.1. The summed E-state index contributed by atoms with van der Waals surface area (Å²) >= 11 is 0. The van der Waals surface area contributed by atoms with E-state index in [4.69, 9.17) is 9.68 Å². The Hall–Kier alpha value is -0.160. The second-order valence-electron chi connectivity index (χ2n) is 2.80. The molecule has 2 rings (SSSR count). The standard InChI is InChI=1S/C6H10NO3/c8-7-9-5-3-1-2-4-6(5)10-7/h5-6H,1-4H2/q-1. The monoisotopic (exact) mass is 144 g/mol. The molecule has 0 N–H and O–H groups in total. The molecule has 10 heavy (non-hydrogen) atoms. The molecule has 0 spiro atoms. The molecule has 1 saturated carbocycles. The van der Waals surface area contributed by atoms with Crippen LogP contribution >= 0.6 is 0 Å². The van der Waals surface area contributed by atoms with Crippen LogP contribution < -0.4 is 0 Å². The minimum atomic E-state index is 0.0336. The fourth-order valence-electron chi connectivity index (χ4n) is 1.55. The van der Waals surface area contributed by atoms with Gasteiger partial charge in [0.2, 0.25) is 0 Å². The van der Waals surface area contributed by atoms with Gasteiger partial charge in [-0.2, -0.15) is 0 Å². The Labute approximate surface area is 59.2 Å². The molecule has 2 aliphatic rings. The third-order valence-electron chi connectivity index (χ3n) is 2.08. The fourth-order valence-corrected chi connectivity index (χ4v) is 1.55. The number of rotatable bonds is 0. The molecule has 0 aromatic heterocycles. The van der Waals surface area contributed by atoms with Crippen LogP contribution in [0.3, 0.4) is 0 Å². The molecule has 0 aromatic rings. The lowest BCUT2D eigenvalue weighted by Crippen LogP contribution is -2.25. The summed E-state index contributed by atoms with van der Waals surface area (Å²) in [6, 6.07) is 0. The SMILES string of the molecule is [O-]N1OC2CCCCC2O1. The lowest BCUT2D eigenvalue weighted by molar-refractivity contribution is -0.277. The molecular formula is C6H10NO3-. The van der Waals surface area contributed by atoms with E-state index in [1.807, 2.05) is 0 Å². The van der Waals surface area contributed by atoms with Gasteiger partial charge >= 0.3 is 0 Å². The highest BCUT2D eigenvalue weighted by Crippen LogP contribution is 2.29. The van der Waals surface area contributed by atoms with Crippen molar-refractivity contribution in [3.05, 3.63) is 5.21 Å². The minimum absolute atomic E-state index is 0.0336. The van der Waals surface area contributed by atoms with E-state index < -0.39 is 0 Å². The van der Waals surface area contributed by atoms with Crippen molar-refractivity contribution in [2.45, 2.75) is 37.9 Å². The van der Waals surface area contributed by atoms with Crippen LogP contribution in [0, 0.1) is 5.21 Å². The van der Waals surface area contributed by atoms with E-state index in [2.05, 4.69) is 0 Å². The Balaban J connectivity index is 1.97. The zero-order valence-electron chi connectivity index (χ0n) is 5.66. The summed E-state index contributed by atoms with van der Waals surface area (Å²) in [5.74, 6) is 0. The normalized spacial score (nSPS) is 41.7. The zero-order chi connectivity index (χ0) is 6.97. The van der Waals surface area contributed by atoms with Crippen molar-refractivity contribution in [3.63, 3.8) is 0 Å². The Morgan fingerprint density at radius 1 is 1.10 bits per heavy atom. The molecule has 1 aliphatic carbocycles. The van der Waals surface area contributed by atoms with Crippen molar-refractivity contribution >= 4 is 0 Å². The average molecular weight is 144 g/mol. The molecule has 0 amide bonds. The molecule has 2 fully saturated rings. The molecule has 0 radical (unpaired) electrons. The van der Waals surface area contributed by atoms with E-state index in [1.165, 1.54) is 0 Å². The summed E-state index contributed by atoms with van der Waals surface area (Å²) in [4.78, 5) is 9.64. The van der Waals surface area contributed by atoms with Crippen molar-refractivity contribution in [2.75, 3.05) is 0 Å². The second-order valence-corrected chi connectivity index (χ2v) is 2.80. The molecule has 4 nitrogen and oxygen atoms in total. The number of hydrogen-bond acceptors (Lipinski definition) is 4. The van der Waals surface area contributed by atoms with E-state index in [-0.39, 0.29) is 17.6 Å². The average Bonchev–Trinajstić information content (AvgIpc) is 2.27. The van der Waals surface area contributed by atoms with Crippen LogP contribution in [0.25, 0.3) is 0 Å². The lowest BCUT2D eigenvalue weighted by Gasteiger charge is -2.19. The third kappa shape index (κ3) is 1.03. The Bertz CT molecular complexity index is 116. The van der Waals surface area contributed by atoms with Crippen LogP contribution in [0.1, 0.15) is 25.7 Å². The van der Waals surface area contributed by atoms with Gasteiger partial charge in [-0.1, -0.05) is 12.8 Å². The van der Waals surface area contributed by atoms with E-state index in [0.717, 1.165) is 25.7 Å². The Kier molecular flexibility index (Phi) is 1.61. The summed E-state index contributed by atoms with van der Waals surface area (Å²) in [5.41, 5.74) is 0. The van der Waals surface area contributed by atoms with Crippen LogP contribution in [-0.2, 0) is 9.68 Å². The molecule has 2 atom stereocenters. The summed E-state index contributed by atoms with van der Waals surface area (Å²) in [7, 11) is 0. The van der Waals surface area contributed by atoms with Gasteiger partial charge in [-0.05, 0) is 12.8 Å². The number of hydrogen-bond donors (Lipinski definition) is 0. The Morgan fingerprint density at radius 2 is 1.60 bits per heavy atom. The second kappa shape index (κ2) is 2.47. The molecule has 0 bridgehead atoms. The Morgan fingerprint density at radius 3 is 2.10 bits per heavy atom. The van der Waals surface area contributed by atoms with Crippen molar-refractivity contribution in [2.24, 2.45) is 0 Å². The molecule has 1 aliphatic heterocycles. The van der Waals surface area contributed by atoms with Gasteiger partial charge in [-0.15, -0.1) is 5.39 Å². The van der Waals surface area contributed by atoms with E-state index in [9.17, 15) is 5.21 Å². The first-order valence-corrected chi connectivity index (χ1v) is 3.67. The quantitative estimate of drug-likeness (QED) is 0.508. The van der Waals surface area contributed by atoms with Gasteiger partial charge in [0.05, 0.1) is 0 Å².